The van der Waals surface area contributed by atoms with Crippen LogP contribution in [0.15, 0.2) is 0 Å². The number of nitrogens with two attached hydrogens (primary N) is 1. The van der Waals surface area contributed by atoms with Crippen LogP contribution in [0.4, 0.5) is 0 Å². The van der Waals surface area contributed by atoms with Crippen molar-refractivity contribution in [1.82, 2.24) is 10.2 Å². The van der Waals surface area contributed by atoms with Crippen molar-refractivity contribution < 1.29 is 19.6 Å². The van der Waals surface area contributed by atoms with Crippen LogP contribution in [0.25, 0.3) is 0 Å². The maximum atomic E-state index is 13.7. The zero-order chi connectivity index (χ0) is 22.4. The van der Waals surface area contributed by atoms with Crippen molar-refractivity contribution in [3.63, 3.8) is 0 Å². The normalized spacial score (nSPS) is 41.6. The highest BCUT2D eigenvalue weighted by atomic mass is 16.5. The molecule has 3 saturated heterocycles. The zero-order valence-corrected chi connectivity index (χ0v) is 20.3. The van der Waals surface area contributed by atoms with E-state index in [1.165, 1.54) is 32.2 Å². The predicted molar refractivity (Wildman–Crippen MR) is 123 cm³/mol. The molecule has 9 unspecified atom stereocenters. The van der Waals surface area contributed by atoms with E-state index in [4.69, 9.17) is 4.74 Å². The zero-order valence-electron chi connectivity index (χ0n) is 20.3. The lowest BCUT2D eigenvalue weighted by Crippen LogP contribution is -2.98. The molecule has 2 amide bonds. The van der Waals surface area contributed by atoms with Gasteiger partial charge in [-0.3, -0.25) is 9.59 Å². The fourth-order valence-corrected chi connectivity index (χ4v) is 8.07. The van der Waals surface area contributed by atoms with E-state index < -0.39 is 6.10 Å². The molecule has 0 spiro atoms. The molecule has 3 aliphatic heterocycles. The third kappa shape index (κ3) is 4.00. The fraction of sp³-hybridized carbons (Fsp3) is 0.923. The second kappa shape index (κ2) is 9.25. The summed E-state index contributed by atoms with van der Waals surface area (Å²) >= 11 is 0. The molecule has 9 atom stereocenters. The van der Waals surface area contributed by atoms with Gasteiger partial charge in [-0.05, 0) is 63.2 Å². The van der Waals surface area contributed by atoms with Gasteiger partial charge in [0, 0.05) is 30.8 Å². The van der Waals surface area contributed by atoms with Gasteiger partial charge in [0.1, 0.15) is 12.1 Å². The van der Waals surface area contributed by atoms with Gasteiger partial charge in [-0.25, -0.2) is 0 Å². The van der Waals surface area contributed by atoms with Crippen molar-refractivity contribution in [2.45, 2.75) is 109 Å². The smallest absolute Gasteiger partial charge is 0.248 e. The van der Waals surface area contributed by atoms with Gasteiger partial charge in [-0.1, -0.05) is 26.7 Å². The van der Waals surface area contributed by atoms with Crippen molar-refractivity contribution in [2.75, 3.05) is 13.1 Å². The minimum absolute atomic E-state index is 0.0169. The summed E-state index contributed by atoms with van der Waals surface area (Å²) in [4.78, 5) is 28.6. The molecule has 0 bridgehead atoms. The number of rotatable bonds is 6. The molecule has 5 fully saturated rings. The van der Waals surface area contributed by atoms with Crippen LogP contribution in [-0.2, 0) is 14.3 Å². The van der Waals surface area contributed by atoms with Gasteiger partial charge >= 0.3 is 0 Å². The number of amides is 2. The lowest BCUT2D eigenvalue weighted by Gasteiger charge is -2.50. The Balaban J connectivity index is 1.25. The first-order valence-corrected chi connectivity index (χ1v) is 13.5. The number of carbonyl (C=O) groups is 2. The lowest BCUT2D eigenvalue weighted by molar-refractivity contribution is -0.713. The van der Waals surface area contributed by atoms with Crippen LogP contribution in [0.2, 0.25) is 0 Å². The number of nitrogens with one attached hydrogen (secondary N) is 1. The van der Waals surface area contributed by atoms with Crippen molar-refractivity contribution in [3.05, 3.63) is 0 Å². The molecular formula is C26H44N3O3+. The number of ether oxygens (including phenoxy) is 1. The molecule has 3 heterocycles. The first-order chi connectivity index (χ1) is 15.5. The first kappa shape index (κ1) is 22.6. The van der Waals surface area contributed by atoms with Crippen LogP contribution in [0.3, 0.4) is 0 Å². The van der Waals surface area contributed by atoms with E-state index in [9.17, 15) is 9.59 Å². The summed E-state index contributed by atoms with van der Waals surface area (Å²) in [6, 6.07) is 1.47. The maximum absolute atomic E-state index is 13.7. The number of carbonyl (C=O) groups excluding carboxylic acids is 2. The standard InChI is InChI=1S/C26H43N3O3/c1-15(2)10-12-28-25(30)16(3)32-17-8-9-22-21(14-17)19-11-13-27-23-18-6-4-5-7-20(18)26(31)29(22)24(19)23/h15-24,27H,4-14H2,1-3H3,(H,28,30)/p+1. The minimum Gasteiger partial charge on any atom is -0.365 e. The molecule has 2 aliphatic carbocycles. The largest absolute Gasteiger partial charge is 0.365 e. The van der Waals surface area contributed by atoms with E-state index in [0.717, 1.165) is 38.6 Å². The molecule has 6 heteroatoms. The monoisotopic (exact) mass is 446 g/mol. The predicted octanol–water partition coefficient (Wildman–Crippen LogP) is 2.07. The maximum Gasteiger partial charge on any atom is 0.248 e. The SMILES string of the molecule is CC(C)CCNC(=O)C(C)OC1CCC2C(C1)C1CC[NH2+]C3C4CCCCC4C(=O)N2C13. The highest BCUT2D eigenvalue weighted by Crippen LogP contribution is 2.52. The number of fused-ring (bicyclic) bond motifs is 5. The van der Waals surface area contributed by atoms with Crippen LogP contribution >= 0.6 is 0 Å². The van der Waals surface area contributed by atoms with Gasteiger partial charge in [-0.15, -0.1) is 0 Å². The number of quaternary nitrogens is 1. The average molecular weight is 447 g/mol. The first-order valence-electron chi connectivity index (χ1n) is 13.5. The molecule has 2 saturated carbocycles. The van der Waals surface area contributed by atoms with Gasteiger partial charge in [0.25, 0.3) is 0 Å². The summed E-state index contributed by atoms with van der Waals surface area (Å²) in [6.07, 6.45) is 9.87. The highest BCUT2D eigenvalue weighted by Gasteiger charge is 2.63. The average Bonchev–Trinajstić information content (AvgIpc) is 3.12. The van der Waals surface area contributed by atoms with E-state index in [2.05, 4.69) is 29.4 Å². The third-order valence-corrected chi connectivity index (χ3v) is 9.49. The molecule has 0 aromatic rings. The Morgan fingerprint density at radius 1 is 1.09 bits per heavy atom. The Bertz CT molecular complexity index is 712. The Morgan fingerprint density at radius 3 is 2.72 bits per heavy atom. The molecule has 32 heavy (non-hydrogen) atoms. The van der Waals surface area contributed by atoms with Crippen LogP contribution in [0, 0.1) is 29.6 Å². The number of hydrogen-bond acceptors (Lipinski definition) is 3. The fourth-order valence-electron chi connectivity index (χ4n) is 8.07. The van der Waals surface area contributed by atoms with Crippen LogP contribution in [0.1, 0.15) is 78.6 Å². The Kier molecular flexibility index (Phi) is 6.54. The van der Waals surface area contributed by atoms with Crippen molar-refractivity contribution in [2.24, 2.45) is 29.6 Å². The lowest BCUT2D eigenvalue weighted by atomic mass is 9.66. The molecule has 5 rings (SSSR count). The second-order valence-electron chi connectivity index (χ2n) is 11.8. The third-order valence-electron chi connectivity index (χ3n) is 9.49. The van der Waals surface area contributed by atoms with Gasteiger partial charge in [-0.2, -0.15) is 0 Å². The Labute approximate surface area is 193 Å². The number of hydrogen-bond donors (Lipinski definition) is 2. The van der Waals surface area contributed by atoms with Gasteiger partial charge in [0.05, 0.1) is 18.7 Å². The van der Waals surface area contributed by atoms with Crippen LogP contribution in [-0.4, -0.2) is 60.1 Å². The molecule has 5 aliphatic rings. The number of piperidine rings is 2. The second-order valence-corrected chi connectivity index (χ2v) is 11.8. The summed E-state index contributed by atoms with van der Waals surface area (Å²) in [7, 11) is 0. The summed E-state index contributed by atoms with van der Waals surface area (Å²) in [5.41, 5.74) is 0. The summed E-state index contributed by atoms with van der Waals surface area (Å²) in [5, 5.41) is 5.63. The van der Waals surface area contributed by atoms with Gasteiger partial charge in [0.15, 0.2) is 0 Å². The molecule has 6 nitrogen and oxygen atoms in total. The molecule has 3 N–H and O–H groups in total. The van der Waals surface area contributed by atoms with E-state index in [0.29, 0.717) is 47.7 Å². The van der Waals surface area contributed by atoms with E-state index >= 15 is 0 Å². The summed E-state index contributed by atoms with van der Waals surface area (Å²) in [5.74, 6) is 3.15. The highest BCUT2D eigenvalue weighted by molar-refractivity contribution is 5.82. The van der Waals surface area contributed by atoms with Crippen LogP contribution < -0.4 is 10.6 Å². The van der Waals surface area contributed by atoms with Crippen molar-refractivity contribution in [3.8, 4) is 0 Å². The van der Waals surface area contributed by atoms with Crippen LogP contribution in [0.5, 0.6) is 0 Å². The summed E-state index contributed by atoms with van der Waals surface area (Å²) in [6.45, 7) is 8.18. The molecular weight excluding hydrogens is 402 g/mol. The van der Waals surface area contributed by atoms with E-state index in [1.54, 1.807) is 0 Å². The molecule has 180 valence electrons. The minimum atomic E-state index is -0.398. The van der Waals surface area contributed by atoms with Gasteiger partial charge < -0.3 is 20.3 Å². The Hall–Kier alpha value is -1.14. The molecule has 0 aromatic carbocycles. The van der Waals surface area contributed by atoms with E-state index in [-0.39, 0.29) is 17.9 Å². The quantitative estimate of drug-likeness (QED) is 0.656. The summed E-state index contributed by atoms with van der Waals surface area (Å²) < 4.78 is 6.31. The molecule has 0 radical (unpaired) electrons. The van der Waals surface area contributed by atoms with E-state index in [1.807, 2.05) is 6.92 Å². The van der Waals surface area contributed by atoms with Crippen molar-refractivity contribution >= 4 is 11.8 Å². The Morgan fingerprint density at radius 2 is 1.91 bits per heavy atom. The number of nitrogens with zero attached hydrogens (tertiary/aromatic N) is 1. The van der Waals surface area contributed by atoms with Gasteiger partial charge in [0.2, 0.25) is 11.8 Å². The topological polar surface area (TPSA) is 75.2 Å². The van der Waals surface area contributed by atoms with Crippen molar-refractivity contribution in [1.29, 1.82) is 0 Å². The molecule has 0 aromatic heterocycles.